The van der Waals surface area contributed by atoms with E-state index in [-0.39, 0.29) is 6.10 Å². The number of nitrogens with zero attached hydrogens (tertiary/aromatic N) is 1. The molecule has 0 saturated carbocycles. The standard InChI is InChI=1S/C11H11NO3/c1-8(2)15-10-5-3-4-9(6-10)11(14)12-7-13/h3-6,8H,1-2H3. The second-order valence-electron chi connectivity index (χ2n) is 3.20. The maximum absolute atomic E-state index is 11.2. The number of aliphatic imine (C=N–C) groups is 1. The molecule has 0 radical (unpaired) electrons. The Labute approximate surface area is 87.6 Å². The average Bonchev–Trinajstić information content (AvgIpc) is 2.17. The van der Waals surface area contributed by atoms with E-state index in [9.17, 15) is 9.59 Å². The number of carbonyl (C=O) groups excluding carboxylic acids is 2. The Morgan fingerprint density at radius 2 is 2.20 bits per heavy atom. The normalized spacial score (nSPS) is 9.53. The first-order chi connectivity index (χ1) is 7.13. The van der Waals surface area contributed by atoms with Crippen molar-refractivity contribution in [3.05, 3.63) is 29.8 Å². The van der Waals surface area contributed by atoms with E-state index in [0.29, 0.717) is 11.3 Å². The summed E-state index contributed by atoms with van der Waals surface area (Å²) in [5, 5.41) is 0. The number of isocyanates is 1. The highest BCUT2D eigenvalue weighted by Crippen LogP contribution is 2.15. The fourth-order valence-electron chi connectivity index (χ4n) is 1.08. The molecular weight excluding hydrogens is 194 g/mol. The fraction of sp³-hybridized carbons (Fsp3) is 0.273. The highest BCUT2D eigenvalue weighted by atomic mass is 16.5. The molecule has 0 aliphatic heterocycles. The van der Waals surface area contributed by atoms with Gasteiger partial charge in [-0.1, -0.05) is 6.07 Å². The van der Waals surface area contributed by atoms with Crippen LogP contribution in [0, 0.1) is 0 Å². The van der Waals surface area contributed by atoms with Crippen LogP contribution in [0.15, 0.2) is 29.3 Å². The Hall–Kier alpha value is -1.93. The summed E-state index contributed by atoms with van der Waals surface area (Å²) in [6.07, 6.45) is 1.24. The molecule has 1 amide bonds. The van der Waals surface area contributed by atoms with Gasteiger partial charge in [0.25, 0.3) is 5.91 Å². The van der Waals surface area contributed by atoms with E-state index >= 15 is 0 Å². The van der Waals surface area contributed by atoms with Crippen molar-refractivity contribution in [3.63, 3.8) is 0 Å². The molecule has 15 heavy (non-hydrogen) atoms. The van der Waals surface area contributed by atoms with E-state index in [2.05, 4.69) is 4.99 Å². The Bertz CT molecular complexity index is 406. The van der Waals surface area contributed by atoms with E-state index in [1.807, 2.05) is 13.8 Å². The van der Waals surface area contributed by atoms with Crippen molar-refractivity contribution in [2.24, 2.45) is 4.99 Å². The van der Waals surface area contributed by atoms with Crippen molar-refractivity contribution in [2.75, 3.05) is 0 Å². The zero-order valence-electron chi connectivity index (χ0n) is 8.56. The van der Waals surface area contributed by atoms with Gasteiger partial charge in [-0.05, 0) is 32.0 Å². The van der Waals surface area contributed by atoms with Gasteiger partial charge in [0, 0.05) is 5.56 Å². The van der Waals surface area contributed by atoms with E-state index in [1.165, 1.54) is 6.08 Å². The van der Waals surface area contributed by atoms with E-state index in [0.717, 1.165) is 0 Å². The molecule has 1 rings (SSSR count). The lowest BCUT2D eigenvalue weighted by atomic mass is 10.2. The second-order valence-corrected chi connectivity index (χ2v) is 3.20. The van der Waals surface area contributed by atoms with Crippen molar-refractivity contribution >= 4 is 12.0 Å². The molecule has 78 valence electrons. The number of hydrogen-bond acceptors (Lipinski definition) is 3. The molecule has 0 atom stereocenters. The molecule has 1 aromatic rings. The van der Waals surface area contributed by atoms with Gasteiger partial charge >= 0.3 is 0 Å². The summed E-state index contributed by atoms with van der Waals surface area (Å²) in [7, 11) is 0. The molecule has 4 heteroatoms. The molecule has 0 aliphatic carbocycles. The predicted molar refractivity (Wildman–Crippen MR) is 54.7 cm³/mol. The zero-order chi connectivity index (χ0) is 11.3. The fourth-order valence-corrected chi connectivity index (χ4v) is 1.08. The van der Waals surface area contributed by atoms with Crippen LogP contribution in [-0.2, 0) is 4.79 Å². The zero-order valence-corrected chi connectivity index (χ0v) is 8.56. The van der Waals surface area contributed by atoms with Crippen LogP contribution in [0.25, 0.3) is 0 Å². The molecular formula is C11H11NO3. The van der Waals surface area contributed by atoms with Gasteiger partial charge in [0.2, 0.25) is 6.08 Å². The van der Waals surface area contributed by atoms with Gasteiger partial charge in [-0.25, -0.2) is 4.79 Å². The molecule has 0 saturated heterocycles. The number of hydrogen-bond donors (Lipinski definition) is 0. The molecule has 0 fully saturated rings. The summed E-state index contributed by atoms with van der Waals surface area (Å²) in [6.45, 7) is 3.77. The number of rotatable bonds is 3. The van der Waals surface area contributed by atoms with Gasteiger partial charge in [0.1, 0.15) is 5.75 Å². The summed E-state index contributed by atoms with van der Waals surface area (Å²) >= 11 is 0. The van der Waals surface area contributed by atoms with Crippen LogP contribution in [0.1, 0.15) is 24.2 Å². The Kier molecular flexibility index (Phi) is 3.77. The second kappa shape index (κ2) is 5.08. The third-order valence-electron chi connectivity index (χ3n) is 1.60. The summed E-state index contributed by atoms with van der Waals surface area (Å²) in [5.74, 6) is -0.0313. The molecule has 0 unspecified atom stereocenters. The first-order valence-electron chi connectivity index (χ1n) is 4.52. The predicted octanol–water partition coefficient (Wildman–Crippen LogP) is 1.95. The van der Waals surface area contributed by atoms with Gasteiger partial charge in [0.05, 0.1) is 6.10 Å². The Morgan fingerprint density at radius 3 is 2.80 bits per heavy atom. The number of carbonyl (C=O) groups is 1. The third kappa shape index (κ3) is 3.37. The lowest BCUT2D eigenvalue weighted by Crippen LogP contribution is -2.06. The minimum Gasteiger partial charge on any atom is -0.491 e. The van der Waals surface area contributed by atoms with Crippen LogP contribution in [-0.4, -0.2) is 18.1 Å². The summed E-state index contributed by atoms with van der Waals surface area (Å²) in [6, 6.07) is 6.52. The maximum atomic E-state index is 11.2. The highest BCUT2D eigenvalue weighted by Gasteiger charge is 2.05. The van der Waals surface area contributed by atoms with Crippen molar-refractivity contribution in [1.82, 2.24) is 0 Å². The minimum atomic E-state index is -0.612. The SMILES string of the molecule is CC(C)Oc1cccc(C(=O)N=C=O)c1. The first-order valence-corrected chi connectivity index (χ1v) is 4.52. The van der Waals surface area contributed by atoms with Crippen LogP contribution in [0.3, 0.4) is 0 Å². The van der Waals surface area contributed by atoms with Crippen molar-refractivity contribution in [2.45, 2.75) is 20.0 Å². The van der Waals surface area contributed by atoms with Crippen LogP contribution in [0.5, 0.6) is 5.75 Å². The number of amides is 1. The van der Waals surface area contributed by atoms with Gasteiger partial charge in [-0.2, -0.15) is 0 Å². The molecule has 1 aromatic carbocycles. The highest BCUT2D eigenvalue weighted by molar-refractivity contribution is 5.97. The molecule has 0 spiro atoms. The topological polar surface area (TPSA) is 55.7 Å². The first kappa shape index (κ1) is 11.1. The maximum Gasteiger partial charge on any atom is 0.287 e. The Morgan fingerprint density at radius 1 is 1.47 bits per heavy atom. The smallest absolute Gasteiger partial charge is 0.287 e. The van der Waals surface area contributed by atoms with E-state index in [4.69, 9.17) is 4.74 Å². The summed E-state index contributed by atoms with van der Waals surface area (Å²) < 4.78 is 5.39. The minimum absolute atomic E-state index is 0.0323. The summed E-state index contributed by atoms with van der Waals surface area (Å²) in [4.78, 5) is 24.1. The number of benzene rings is 1. The van der Waals surface area contributed by atoms with E-state index < -0.39 is 5.91 Å². The molecule has 0 aliphatic rings. The monoisotopic (exact) mass is 205 g/mol. The molecule has 0 heterocycles. The molecule has 0 bridgehead atoms. The van der Waals surface area contributed by atoms with Crippen molar-refractivity contribution in [1.29, 1.82) is 0 Å². The van der Waals surface area contributed by atoms with Crippen LogP contribution in [0.4, 0.5) is 0 Å². The average molecular weight is 205 g/mol. The van der Waals surface area contributed by atoms with Crippen LogP contribution in [0.2, 0.25) is 0 Å². The largest absolute Gasteiger partial charge is 0.491 e. The lowest BCUT2D eigenvalue weighted by molar-refractivity contribution is 0.100. The summed E-state index contributed by atoms with van der Waals surface area (Å²) in [5.41, 5.74) is 0.316. The van der Waals surface area contributed by atoms with E-state index in [1.54, 1.807) is 24.3 Å². The quantitative estimate of drug-likeness (QED) is 0.559. The van der Waals surface area contributed by atoms with Gasteiger partial charge in [-0.15, -0.1) is 4.99 Å². The van der Waals surface area contributed by atoms with Gasteiger partial charge in [-0.3, -0.25) is 4.79 Å². The number of ether oxygens (including phenoxy) is 1. The van der Waals surface area contributed by atoms with Crippen LogP contribution < -0.4 is 4.74 Å². The Balaban J connectivity index is 2.92. The molecule has 0 aromatic heterocycles. The van der Waals surface area contributed by atoms with Crippen molar-refractivity contribution in [3.8, 4) is 5.75 Å². The van der Waals surface area contributed by atoms with Crippen molar-refractivity contribution < 1.29 is 14.3 Å². The molecule has 0 N–H and O–H groups in total. The third-order valence-corrected chi connectivity index (χ3v) is 1.60. The van der Waals surface area contributed by atoms with Crippen LogP contribution >= 0.6 is 0 Å². The molecule has 4 nitrogen and oxygen atoms in total. The van der Waals surface area contributed by atoms with Gasteiger partial charge < -0.3 is 4.74 Å². The lowest BCUT2D eigenvalue weighted by Gasteiger charge is -2.09. The van der Waals surface area contributed by atoms with Gasteiger partial charge in [0.15, 0.2) is 0 Å².